The second-order valence-electron chi connectivity index (χ2n) is 4.87. The van der Waals surface area contributed by atoms with Crippen molar-refractivity contribution < 1.29 is 14.8 Å². The van der Waals surface area contributed by atoms with Gasteiger partial charge in [-0.15, -0.1) is 0 Å². The molecule has 0 spiro atoms. The van der Waals surface area contributed by atoms with E-state index in [0.29, 0.717) is 18.7 Å². The molecule has 1 saturated heterocycles. The highest BCUT2D eigenvalue weighted by Crippen LogP contribution is 2.27. The summed E-state index contributed by atoms with van der Waals surface area (Å²) in [6, 6.07) is 1.29. The first-order valence-electron chi connectivity index (χ1n) is 6.26. The average molecular weight is 267 g/mol. The number of β-amino-alcohol motifs (C(OH)–C–C–N with tert-alkyl or cyclic N) is 1. The van der Waals surface area contributed by atoms with Crippen LogP contribution in [0.5, 0.6) is 0 Å². The molecule has 0 bridgehead atoms. The maximum atomic E-state index is 12.2. The van der Waals surface area contributed by atoms with Gasteiger partial charge in [-0.2, -0.15) is 0 Å². The third kappa shape index (κ3) is 2.33. The zero-order valence-corrected chi connectivity index (χ0v) is 11.0. The molecular formula is C12H17N3O4. The van der Waals surface area contributed by atoms with Gasteiger partial charge in [-0.25, -0.2) is 0 Å². The van der Waals surface area contributed by atoms with Crippen molar-refractivity contribution in [2.24, 2.45) is 0 Å². The SMILES string of the molecule is CCn1cc([N+](=O)[O-])cc1C(=O)N1CC(O)(CC)C1. The summed E-state index contributed by atoms with van der Waals surface area (Å²) >= 11 is 0. The third-order valence-corrected chi connectivity index (χ3v) is 3.57. The molecule has 1 aliphatic heterocycles. The molecule has 104 valence electrons. The van der Waals surface area contributed by atoms with Crippen molar-refractivity contribution in [2.45, 2.75) is 32.4 Å². The Balaban J connectivity index is 2.18. The minimum atomic E-state index is -0.800. The number of hydrogen-bond acceptors (Lipinski definition) is 4. The van der Waals surface area contributed by atoms with Crippen molar-refractivity contribution >= 4 is 11.6 Å². The van der Waals surface area contributed by atoms with E-state index in [2.05, 4.69) is 0 Å². The molecule has 7 nitrogen and oxygen atoms in total. The van der Waals surface area contributed by atoms with Crippen molar-refractivity contribution in [1.82, 2.24) is 9.47 Å². The minimum Gasteiger partial charge on any atom is -0.386 e. The van der Waals surface area contributed by atoms with E-state index in [1.54, 1.807) is 4.57 Å². The highest BCUT2D eigenvalue weighted by atomic mass is 16.6. The zero-order chi connectivity index (χ0) is 14.2. The molecule has 0 aliphatic carbocycles. The van der Waals surface area contributed by atoms with E-state index >= 15 is 0 Å². The first kappa shape index (κ1) is 13.5. The topological polar surface area (TPSA) is 88.6 Å². The second kappa shape index (κ2) is 4.65. The van der Waals surface area contributed by atoms with Crippen LogP contribution >= 0.6 is 0 Å². The predicted octanol–water partition coefficient (Wildman–Crippen LogP) is 1.01. The molecule has 1 aliphatic rings. The minimum absolute atomic E-state index is 0.0866. The molecule has 19 heavy (non-hydrogen) atoms. The summed E-state index contributed by atoms with van der Waals surface area (Å²) in [4.78, 5) is 23.9. The maximum Gasteiger partial charge on any atom is 0.287 e. The van der Waals surface area contributed by atoms with Crippen LogP contribution in [0.2, 0.25) is 0 Å². The van der Waals surface area contributed by atoms with Gasteiger partial charge < -0.3 is 14.6 Å². The van der Waals surface area contributed by atoms with Crippen LogP contribution in [0.3, 0.4) is 0 Å². The Bertz CT molecular complexity index is 517. The van der Waals surface area contributed by atoms with E-state index in [9.17, 15) is 20.0 Å². The Kier molecular flexibility index (Phi) is 3.32. The van der Waals surface area contributed by atoms with E-state index in [0.717, 1.165) is 0 Å². The Morgan fingerprint density at radius 3 is 2.63 bits per heavy atom. The van der Waals surface area contributed by atoms with Gasteiger partial charge in [0.15, 0.2) is 0 Å². The van der Waals surface area contributed by atoms with Gasteiger partial charge in [-0.1, -0.05) is 6.92 Å². The van der Waals surface area contributed by atoms with Crippen molar-refractivity contribution in [1.29, 1.82) is 0 Å². The zero-order valence-electron chi connectivity index (χ0n) is 11.0. The predicted molar refractivity (Wildman–Crippen MR) is 67.9 cm³/mol. The molecule has 2 rings (SSSR count). The van der Waals surface area contributed by atoms with Gasteiger partial charge in [0.25, 0.3) is 11.6 Å². The lowest BCUT2D eigenvalue weighted by Crippen LogP contribution is -2.63. The van der Waals surface area contributed by atoms with Crippen LogP contribution in [0.15, 0.2) is 12.3 Å². The molecular weight excluding hydrogens is 250 g/mol. The number of rotatable bonds is 4. The highest BCUT2D eigenvalue weighted by Gasteiger charge is 2.43. The van der Waals surface area contributed by atoms with Crippen LogP contribution in [0.1, 0.15) is 30.8 Å². The standard InChI is InChI=1S/C12H17N3O4/c1-3-12(17)7-14(8-12)11(16)10-5-9(15(18)19)6-13(10)4-2/h5-6,17H,3-4,7-8H2,1-2H3. The van der Waals surface area contributed by atoms with Crippen molar-refractivity contribution in [3.63, 3.8) is 0 Å². The fourth-order valence-corrected chi connectivity index (χ4v) is 2.23. The van der Waals surface area contributed by atoms with Gasteiger partial charge in [-0.3, -0.25) is 14.9 Å². The smallest absolute Gasteiger partial charge is 0.287 e. The molecule has 1 amide bonds. The van der Waals surface area contributed by atoms with Crippen molar-refractivity contribution in [3.8, 4) is 0 Å². The van der Waals surface area contributed by atoms with Gasteiger partial charge in [0.1, 0.15) is 5.69 Å². The van der Waals surface area contributed by atoms with Crippen LogP contribution in [0.25, 0.3) is 0 Å². The number of amides is 1. The van der Waals surface area contributed by atoms with Crippen LogP contribution in [0.4, 0.5) is 5.69 Å². The number of hydrogen-bond donors (Lipinski definition) is 1. The van der Waals surface area contributed by atoms with E-state index in [4.69, 9.17) is 0 Å². The number of carbonyl (C=O) groups excluding carboxylic acids is 1. The summed E-state index contributed by atoms with van der Waals surface area (Å²) in [6.07, 6.45) is 1.95. The molecule has 0 aromatic carbocycles. The van der Waals surface area contributed by atoms with Crippen molar-refractivity contribution in [3.05, 3.63) is 28.1 Å². The number of likely N-dealkylation sites (tertiary alicyclic amines) is 1. The molecule has 1 fully saturated rings. The number of nitrogens with zero attached hydrogens (tertiary/aromatic N) is 3. The monoisotopic (exact) mass is 267 g/mol. The number of carbonyl (C=O) groups is 1. The molecule has 0 radical (unpaired) electrons. The molecule has 0 unspecified atom stereocenters. The summed E-state index contributed by atoms with van der Waals surface area (Å²) in [6.45, 7) is 4.73. The number of aliphatic hydroxyl groups is 1. The molecule has 7 heteroatoms. The van der Waals surface area contributed by atoms with Gasteiger partial charge in [0, 0.05) is 12.6 Å². The van der Waals surface area contributed by atoms with Gasteiger partial charge in [-0.05, 0) is 13.3 Å². The molecule has 1 N–H and O–H groups in total. The first-order valence-corrected chi connectivity index (χ1v) is 6.26. The second-order valence-corrected chi connectivity index (χ2v) is 4.87. The lowest BCUT2D eigenvalue weighted by Gasteiger charge is -2.46. The Hall–Kier alpha value is -1.89. The van der Waals surface area contributed by atoms with Crippen LogP contribution in [-0.2, 0) is 6.54 Å². The first-order chi connectivity index (χ1) is 8.90. The van der Waals surface area contributed by atoms with E-state index in [1.807, 2.05) is 13.8 Å². The molecule has 2 heterocycles. The fourth-order valence-electron chi connectivity index (χ4n) is 2.23. The molecule has 1 aromatic heterocycles. The largest absolute Gasteiger partial charge is 0.386 e. The summed E-state index contributed by atoms with van der Waals surface area (Å²) in [5.74, 6) is -0.270. The van der Waals surface area contributed by atoms with Gasteiger partial charge >= 0.3 is 0 Å². The number of aryl methyl sites for hydroxylation is 1. The number of nitro groups is 1. The van der Waals surface area contributed by atoms with Gasteiger partial charge in [0.05, 0.1) is 29.8 Å². The lowest BCUT2D eigenvalue weighted by atomic mass is 9.91. The Labute approximate surface area is 110 Å². The summed E-state index contributed by atoms with van der Waals surface area (Å²) < 4.78 is 1.56. The fraction of sp³-hybridized carbons (Fsp3) is 0.583. The molecule has 0 atom stereocenters. The lowest BCUT2D eigenvalue weighted by molar-refractivity contribution is -0.384. The van der Waals surface area contributed by atoms with Gasteiger partial charge in [0.2, 0.25) is 0 Å². The van der Waals surface area contributed by atoms with E-state index < -0.39 is 10.5 Å². The van der Waals surface area contributed by atoms with Crippen LogP contribution in [0, 0.1) is 10.1 Å². The third-order valence-electron chi connectivity index (χ3n) is 3.57. The van der Waals surface area contributed by atoms with Crippen LogP contribution in [-0.4, -0.2) is 44.1 Å². The quantitative estimate of drug-likeness (QED) is 0.651. The average Bonchev–Trinajstić information content (AvgIpc) is 2.78. The maximum absolute atomic E-state index is 12.2. The Morgan fingerprint density at radius 2 is 2.16 bits per heavy atom. The summed E-state index contributed by atoms with van der Waals surface area (Å²) in [5.41, 5.74) is -0.588. The Morgan fingerprint density at radius 1 is 1.53 bits per heavy atom. The highest BCUT2D eigenvalue weighted by molar-refractivity contribution is 5.94. The summed E-state index contributed by atoms with van der Waals surface area (Å²) in [7, 11) is 0. The summed E-state index contributed by atoms with van der Waals surface area (Å²) in [5, 5.41) is 20.6. The molecule has 0 saturated carbocycles. The van der Waals surface area contributed by atoms with E-state index in [1.165, 1.54) is 17.2 Å². The normalized spacial score (nSPS) is 17.1. The van der Waals surface area contributed by atoms with E-state index in [-0.39, 0.29) is 24.7 Å². The number of aromatic nitrogens is 1. The van der Waals surface area contributed by atoms with Crippen LogP contribution < -0.4 is 0 Å². The van der Waals surface area contributed by atoms with Crippen molar-refractivity contribution in [2.75, 3.05) is 13.1 Å². The molecule has 1 aromatic rings.